The molecule has 4 fully saturated rings. The lowest BCUT2D eigenvalue weighted by molar-refractivity contribution is -0.0618. The van der Waals surface area contributed by atoms with Gasteiger partial charge in [-0.05, 0) is 87.3 Å². The fourth-order valence-electron chi connectivity index (χ4n) is 6.01. The predicted octanol–water partition coefficient (Wildman–Crippen LogP) is 4.02. The Morgan fingerprint density at radius 2 is 1.85 bits per heavy atom. The minimum atomic E-state index is 0.581. The van der Waals surface area contributed by atoms with Crippen LogP contribution in [0, 0.1) is 23.2 Å². The molecule has 20 heavy (non-hydrogen) atoms. The van der Waals surface area contributed by atoms with Crippen molar-refractivity contribution in [2.45, 2.75) is 57.4 Å². The van der Waals surface area contributed by atoms with Crippen LogP contribution in [0.15, 0.2) is 22.8 Å². The summed E-state index contributed by atoms with van der Waals surface area (Å²) in [6, 6.07) is 4.70. The summed E-state index contributed by atoms with van der Waals surface area (Å²) in [5, 5.41) is 3.56. The van der Waals surface area contributed by atoms with E-state index >= 15 is 0 Å². The van der Waals surface area contributed by atoms with Crippen LogP contribution in [0.4, 0.5) is 0 Å². The maximum atomic E-state index is 5.55. The highest BCUT2D eigenvalue weighted by Gasteiger charge is 2.51. The van der Waals surface area contributed by atoms with E-state index in [-0.39, 0.29) is 0 Å². The minimum Gasteiger partial charge on any atom is -0.469 e. The lowest BCUT2D eigenvalue weighted by atomic mass is 9.48. The summed E-state index contributed by atoms with van der Waals surface area (Å²) in [6.07, 6.45) is 13.4. The molecule has 110 valence electrons. The Balaban J connectivity index is 1.46. The first-order valence-electron chi connectivity index (χ1n) is 8.44. The summed E-state index contributed by atoms with van der Waals surface area (Å²) in [7, 11) is 2.12. The summed E-state index contributed by atoms with van der Waals surface area (Å²) in [4.78, 5) is 0. The Kier molecular flexibility index (Phi) is 3.17. The molecule has 4 aliphatic rings. The van der Waals surface area contributed by atoms with Gasteiger partial charge in [-0.3, -0.25) is 0 Å². The van der Waals surface area contributed by atoms with Gasteiger partial charge in [0.05, 0.1) is 6.26 Å². The second-order valence-corrected chi connectivity index (χ2v) is 7.89. The molecule has 0 saturated heterocycles. The molecule has 4 aliphatic carbocycles. The van der Waals surface area contributed by atoms with Crippen LogP contribution in [-0.4, -0.2) is 13.1 Å². The van der Waals surface area contributed by atoms with Crippen molar-refractivity contribution in [2.24, 2.45) is 23.2 Å². The van der Waals surface area contributed by atoms with Gasteiger partial charge in [0, 0.05) is 12.5 Å². The molecule has 1 heterocycles. The van der Waals surface area contributed by atoms with Crippen molar-refractivity contribution in [3.63, 3.8) is 0 Å². The van der Waals surface area contributed by atoms with Crippen LogP contribution in [0.2, 0.25) is 0 Å². The van der Waals surface area contributed by atoms with E-state index in [1.807, 2.05) is 6.07 Å². The molecule has 1 N–H and O–H groups in total. The average molecular weight is 273 g/mol. The molecule has 1 aromatic rings. The van der Waals surface area contributed by atoms with Crippen LogP contribution >= 0.6 is 0 Å². The van der Waals surface area contributed by atoms with E-state index in [9.17, 15) is 0 Å². The first kappa shape index (κ1) is 12.9. The second kappa shape index (κ2) is 4.91. The Morgan fingerprint density at radius 1 is 1.20 bits per heavy atom. The summed E-state index contributed by atoms with van der Waals surface area (Å²) in [6.45, 7) is 0. The number of furan rings is 1. The topological polar surface area (TPSA) is 25.2 Å². The standard InChI is InChI=1S/C18H27NO/c1-19-16(8-17-3-2-4-20-17)12-18-9-13-5-14(10-18)7-15(6-13)11-18/h2-4,13-16,19H,5-12H2,1H3. The third kappa shape index (κ3) is 2.32. The van der Waals surface area contributed by atoms with Gasteiger partial charge in [0.1, 0.15) is 5.76 Å². The Hall–Kier alpha value is -0.760. The van der Waals surface area contributed by atoms with Crippen LogP contribution in [-0.2, 0) is 6.42 Å². The highest BCUT2D eigenvalue weighted by Crippen LogP contribution is 2.61. The molecule has 0 radical (unpaired) electrons. The quantitative estimate of drug-likeness (QED) is 0.876. The molecular weight excluding hydrogens is 246 g/mol. The van der Waals surface area contributed by atoms with Crippen LogP contribution in [0.5, 0.6) is 0 Å². The average Bonchev–Trinajstić information content (AvgIpc) is 2.89. The lowest BCUT2D eigenvalue weighted by Gasteiger charge is -2.57. The van der Waals surface area contributed by atoms with E-state index in [1.54, 1.807) is 25.5 Å². The van der Waals surface area contributed by atoms with Crippen LogP contribution in [0.1, 0.15) is 50.7 Å². The number of hydrogen-bond acceptors (Lipinski definition) is 2. The smallest absolute Gasteiger partial charge is 0.105 e. The number of rotatable bonds is 5. The van der Waals surface area contributed by atoms with E-state index in [2.05, 4.69) is 18.4 Å². The second-order valence-electron chi connectivity index (χ2n) is 7.89. The molecule has 5 rings (SSSR count). The van der Waals surface area contributed by atoms with Gasteiger partial charge >= 0.3 is 0 Å². The number of nitrogens with one attached hydrogen (secondary N) is 1. The Morgan fingerprint density at radius 3 is 2.35 bits per heavy atom. The Bertz CT molecular complexity index is 415. The zero-order valence-electron chi connectivity index (χ0n) is 12.6. The van der Waals surface area contributed by atoms with Crippen molar-refractivity contribution in [1.29, 1.82) is 0 Å². The van der Waals surface area contributed by atoms with Gasteiger partial charge < -0.3 is 9.73 Å². The zero-order chi connectivity index (χ0) is 13.6. The maximum Gasteiger partial charge on any atom is 0.105 e. The highest BCUT2D eigenvalue weighted by atomic mass is 16.3. The first-order chi connectivity index (χ1) is 9.75. The molecule has 1 aromatic heterocycles. The summed E-state index contributed by atoms with van der Waals surface area (Å²) < 4.78 is 5.55. The normalized spacial score (nSPS) is 40.1. The molecule has 4 bridgehead atoms. The largest absolute Gasteiger partial charge is 0.469 e. The van der Waals surface area contributed by atoms with Crippen molar-refractivity contribution in [1.82, 2.24) is 5.32 Å². The third-order valence-electron chi connectivity index (χ3n) is 6.28. The highest BCUT2D eigenvalue weighted by molar-refractivity contribution is 5.05. The van der Waals surface area contributed by atoms with Crippen LogP contribution in [0.25, 0.3) is 0 Å². The van der Waals surface area contributed by atoms with Crippen molar-refractivity contribution >= 4 is 0 Å². The van der Waals surface area contributed by atoms with Gasteiger partial charge in [0.25, 0.3) is 0 Å². The van der Waals surface area contributed by atoms with E-state index in [1.165, 1.54) is 25.7 Å². The fraction of sp³-hybridized carbons (Fsp3) is 0.778. The molecule has 2 nitrogen and oxygen atoms in total. The molecule has 1 unspecified atom stereocenters. The molecule has 0 spiro atoms. The minimum absolute atomic E-state index is 0.581. The summed E-state index contributed by atoms with van der Waals surface area (Å²) in [5.74, 6) is 4.31. The maximum absolute atomic E-state index is 5.55. The van der Waals surface area contributed by atoms with E-state index in [0.29, 0.717) is 11.5 Å². The zero-order valence-corrected chi connectivity index (χ0v) is 12.6. The van der Waals surface area contributed by atoms with E-state index in [4.69, 9.17) is 4.42 Å². The van der Waals surface area contributed by atoms with Gasteiger partial charge in [-0.25, -0.2) is 0 Å². The monoisotopic (exact) mass is 273 g/mol. The van der Waals surface area contributed by atoms with Gasteiger partial charge in [-0.15, -0.1) is 0 Å². The summed E-state index contributed by atoms with van der Waals surface area (Å²) >= 11 is 0. The van der Waals surface area contributed by atoms with E-state index < -0.39 is 0 Å². The molecule has 2 heteroatoms. The third-order valence-corrected chi connectivity index (χ3v) is 6.28. The number of hydrogen-bond donors (Lipinski definition) is 1. The van der Waals surface area contributed by atoms with Crippen molar-refractivity contribution in [2.75, 3.05) is 7.05 Å². The van der Waals surface area contributed by atoms with Gasteiger partial charge in [0.2, 0.25) is 0 Å². The first-order valence-corrected chi connectivity index (χ1v) is 8.44. The van der Waals surface area contributed by atoms with E-state index in [0.717, 1.165) is 29.9 Å². The molecule has 0 amide bonds. The van der Waals surface area contributed by atoms with Crippen molar-refractivity contribution < 1.29 is 4.42 Å². The predicted molar refractivity (Wildman–Crippen MR) is 80.5 cm³/mol. The van der Waals surface area contributed by atoms with Crippen molar-refractivity contribution in [3.8, 4) is 0 Å². The van der Waals surface area contributed by atoms with Gasteiger partial charge in [0.15, 0.2) is 0 Å². The number of likely N-dealkylation sites (N-methyl/N-ethyl adjacent to an activating group) is 1. The molecule has 1 atom stereocenters. The fourth-order valence-corrected chi connectivity index (χ4v) is 6.01. The lowest BCUT2D eigenvalue weighted by Crippen LogP contribution is -2.48. The molecule has 0 aliphatic heterocycles. The van der Waals surface area contributed by atoms with Crippen LogP contribution in [0.3, 0.4) is 0 Å². The SMILES string of the molecule is CNC(Cc1ccco1)CC12CC3CC(CC(C3)C1)C2. The Labute approximate surface area is 122 Å². The van der Waals surface area contributed by atoms with Crippen LogP contribution < -0.4 is 5.32 Å². The molecule has 0 aromatic carbocycles. The summed E-state index contributed by atoms with van der Waals surface area (Å²) in [5.41, 5.74) is 0.662. The molecular formula is C18H27NO. The molecule has 4 saturated carbocycles. The van der Waals surface area contributed by atoms with Crippen molar-refractivity contribution in [3.05, 3.63) is 24.2 Å². The van der Waals surface area contributed by atoms with Gasteiger partial charge in [-0.1, -0.05) is 0 Å². The van der Waals surface area contributed by atoms with Gasteiger partial charge in [-0.2, -0.15) is 0 Å².